The molecule has 0 aliphatic heterocycles. The molecular weight excluding hydrogens is 514 g/mol. The van der Waals surface area contributed by atoms with Gasteiger partial charge in [-0.1, -0.05) is 84.9 Å². The largest absolute Gasteiger partial charge is 0.455 e. The molecule has 9 aromatic rings. The molecule has 0 saturated heterocycles. The van der Waals surface area contributed by atoms with Gasteiger partial charge in [0.15, 0.2) is 5.82 Å². The Morgan fingerprint density at radius 2 is 1.17 bits per heavy atom. The van der Waals surface area contributed by atoms with Crippen LogP contribution in [0.5, 0.6) is 0 Å². The molecule has 0 amide bonds. The summed E-state index contributed by atoms with van der Waals surface area (Å²) in [5.74, 6) is 0.657. The second-order valence-electron chi connectivity index (χ2n) is 10.6. The van der Waals surface area contributed by atoms with Gasteiger partial charge < -0.3 is 8.98 Å². The summed E-state index contributed by atoms with van der Waals surface area (Å²) in [5, 5.41) is 6.86. The molecule has 3 heterocycles. The Kier molecular flexibility index (Phi) is 4.87. The molecule has 6 aromatic carbocycles. The number of benzene rings is 6. The van der Waals surface area contributed by atoms with Gasteiger partial charge in [0, 0.05) is 34.2 Å². The van der Waals surface area contributed by atoms with Gasteiger partial charge in [0.25, 0.3) is 0 Å². The van der Waals surface area contributed by atoms with Gasteiger partial charge in [0.1, 0.15) is 11.2 Å². The molecular formula is C38H23N3O. The summed E-state index contributed by atoms with van der Waals surface area (Å²) in [6.45, 7) is 0. The molecule has 0 unspecified atom stereocenters. The minimum atomic E-state index is 0.657. The van der Waals surface area contributed by atoms with Gasteiger partial charge in [-0.3, -0.25) is 0 Å². The SMILES string of the molecule is c1ccc(-c2ccc(-n3c4ccc5ccccc5c4c4c5oc6c(-c7ncccn7)cccc6c5ccc43)cc2)cc1. The third kappa shape index (κ3) is 3.29. The summed E-state index contributed by atoms with van der Waals surface area (Å²) in [6, 6.07) is 44.9. The minimum absolute atomic E-state index is 0.657. The predicted molar refractivity (Wildman–Crippen MR) is 172 cm³/mol. The molecule has 3 aromatic heterocycles. The zero-order chi connectivity index (χ0) is 27.6. The summed E-state index contributed by atoms with van der Waals surface area (Å²) in [5.41, 5.74) is 8.35. The van der Waals surface area contributed by atoms with Crippen LogP contribution in [0.3, 0.4) is 0 Å². The van der Waals surface area contributed by atoms with E-state index in [1.165, 1.54) is 27.3 Å². The fraction of sp³-hybridized carbons (Fsp3) is 0. The molecule has 0 saturated carbocycles. The lowest BCUT2D eigenvalue weighted by Gasteiger charge is -2.10. The van der Waals surface area contributed by atoms with E-state index in [-0.39, 0.29) is 0 Å². The van der Waals surface area contributed by atoms with E-state index in [4.69, 9.17) is 4.42 Å². The Labute approximate surface area is 241 Å². The molecule has 4 nitrogen and oxygen atoms in total. The smallest absolute Gasteiger partial charge is 0.162 e. The molecule has 0 fully saturated rings. The number of fused-ring (bicyclic) bond motifs is 9. The maximum Gasteiger partial charge on any atom is 0.162 e. The highest BCUT2D eigenvalue weighted by molar-refractivity contribution is 6.30. The van der Waals surface area contributed by atoms with Crippen LogP contribution < -0.4 is 0 Å². The van der Waals surface area contributed by atoms with E-state index >= 15 is 0 Å². The molecule has 9 rings (SSSR count). The summed E-state index contributed by atoms with van der Waals surface area (Å²) in [7, 11) is 0. The minimum Gasteiger partial charge on any atom is -0.455 e. The van der Waals surface area contributed by atoms with Crippen LogP contribution in [0.2, 0.25) is 0 Å². The maximum atomic E-state index is 6.84. The normalized spacial score (nSPS) is 11.8. The first kappa shape index (κ1) is 23.0. The number of nitrogens with zero attached hydrogens (tertiary/aromatic N) is 3. The number of hydrogen-bond acceptors (Lipinski definition) is 3. The zero-order valence-electron chi connectivity index (χ0n) is 22.5. The number of furan rings is 1. The van der Waals surface area contributed by atoms with Gasteiger partial charge in [-0.2, -0.15) is 0 Å². The van der Waals surface area contributed by atoms with Crippen LogP contribution >= 0.6 is 0 Å². The quantitative estimate of drug-likeness (QED) is 0.225. The molecule has 0 N–H and O–H groups in total. The molecule has 0 atom stereocenters. The van der Waals surface area contributed by atoms with Crippen molar-refractivity contribution in [1.29, 1.82) is 0 Å². The van der Waals surface area contributed by atoms with Crippen molar-refractivity contribution in [2.45, 2.75) is 0 Å². The summed E-state index contributed by atoms with van der Waals surface area (Å²) >= 11 is 0. The number of rotatable bonds is 3. The fourth-order valence-electron chi connectivity index (χ4n) is 6.44. The lowest BCUT2D eigenvalue weighted by Crippen LogP contribution is -1.93. The van der Waals surface area contributed by atoms with E-state index in [1.807, 2.05) is 12.1 Å². The fourth-order valence-corrected chi connectivity index (χ4v) is 6.44. The standard InChI is InChI=1S/C38H23N3O/c1-2-8-24(9-3-1)25-14-17-27(18-15-25)41-32-20-16-26-10-4-5-11-28(26)34(32)35-33(41)21-19-30-29-12-6-13-31(36(29)42-37(30)35)38-39-22-7-23-40-38/h1-23H. The first-order valence-electron chi connectivity index (χ1n) is 14.1. The van der Waals surface area contributed by atoms with Gasteiger partial charge in [0.2, 0.25) is 0 Å². The molecule has 0 aliphatic rings. The first-order valence-corrected chi connectivity index (χ1v) is 14.1. The van der Waals surface area contributed by atoms with Crippen LogP contribution in [-0.2, 0) is 0 Å². The van der Waals surface area contributed by atoms with Crippen molar-refractivity contribution in [2.24, 2.45) is 0 Å². The maximum absolute atomic E-state index is 6.84. The lowest BCUT2D eigenvalue weighted by atomic mass is 10.0. The Morgan fingerprint density at radius 1 is 0.476 bits per heavy atom. The van der Waals surface area contributed by atoms with E-state index < -0.39 is 0 Å². The van der Waals surface area contributed by atoms with Crippen LogP contribution in [0.15, 0.2) is 144 Å². The van der Waals surface area contributed by atoms with Crippen molar-refractivity contribution in [1.82, 2.24) is 14.5 Å². The Hall–Kier alpha value is -5.74. The second-order valence-corrected chi connectivity index (χ2v) is 10.6. The van der Waals surface area contributed by atoms with E-state index in [2.05, 4.69) is 130 Å². The highest BCUT2D eigenvalue weighted by atomic mass is 16.3. The molecule has 196 valence electrons. The summed E-state index contributed by atoms with van der Waals surface area (Å²) in [4.78, 5) is 9.04. The van der Waals surface area contributed by atoms with Crippen LogP contribution in [-0.4, -0.2) is 14.5 Å². The summed E-state index contributed by atoms with van der Waals surface area (Å²) in [6.07, 6.45) is 3.54. The third-order valence-electron chi connectivity index (χ3n) is 8.32. The van der Waals surface area contributed by atoms with Crippen molar-refractivity contribution in [3.8, 4) is 28.2 Å². The van der Waals surface area contributed by atoms with Gasteiger partial charge in [-0.15, -0.1) is 0 Å². The molecule has 0 aliphatic carbocycles. The Balaban J connectivity index is 1.39. The van der Waals surface area contributed by atoms with E-state index in [0.29, 0.717) is 5.82 Å². The highest BCUT2D eigenvalue weighted by Crippen LogP contribution is 2.44. The van der Waals surface area contributed by atoms with Crippen molar-refractivity contribution in [3.63, 3.8) is 0 Å². The topological polar surface area (TPSA) is 43.9 Å². The Bertz CT molecular complexity index is 2440. The lowest BCUT2D eigenvalue weighted by molar-refractivity contribution is 0.673. The Morgan fingerprint density at radius 3 is 2.02 bits per heavy atom. The van der Waals surface area contributed by atoms with Crippen molar-refractivity contribution in [3.05, 3.63) is 140 Å². The number of aromatic nitrogens is 3. The molecule has 0 spiro atoms. The number of para-hydroxylation sites is 1. The van der Waals surface area contributed by atoms with Crippen LogP contribution in [0.1, 0.15) is 0 Å². The van der Waals surface area contributed by atoms with Crippen LogP contribution in [0.25, 0.3) is 82.7 Å². The van der Waals surface area contributed by atoms with Crippen LogP contribution in [0.4, 0.5) is 0 Å². The van der Waals surface area contributed by atoms with E-state index in [1.54, 1.807) is 12.4 Å². The molecule has 42 heavy (non-hydrogen) atoms. The molecule has 0 radical (unpaired) electrons. The average Bonchev–Trinajstić information content (AvgIpc) is 3.62. The first-order chi connectivity index (χ1) is 20.8. The van der Waals surface area contributed by atoms with Crippen molar-refractivity contribution >= 4 is 54.5 Å². The van der Waals surface area contributed by atoms with Crippen LogP contribution in [0, 0.1) is 0 Å². The summed E-state index contributed by atoms with van der Waals surface area (Å²) < 4.78 is 9.20. The van der Waals surface area contributed by atoms with Gasteiger partial charge in [-0.25, -0.2) is 9.97 Å². The third-order valence-corrected chi connectivity index (χ3v) is 8.32. The second kappa shape index (κ2) is 8.88. The van der Waals surface area contributed by atoms with Gasteiger partial charge in [-0.05, 0) is 64.4 Å². The monoisotopic (exact) mass is 537 g/mol. The van der Waals surface area contributed by atoms with E-state index in [0.717, 1.165) is 49.6 Å². The molecule has 0 bridgehead atoms. The van der Waals surface area contributed by atoms with E-state index in [9.17, 15) is 0 Å². The zero-order valence-corrected chi connectivity index (χ0v) is 22.5. The van der Waals surface area contributed by atoms with Crippen molar-refractivity contribution in [2.75, 3.05) is 0 Å². The van der Waals surface area contributed by atoms with Crippen molar-refractivity contribution < 1.29 is 4.42 Å². The highest BCUT2D eigenvalue weighted by Gasteiger charge is 2.21. The average molecular weight is 538 g/mol. The van der Waals surface area contributed by atoms with Gasteiger partial charge >= 0.3 is 0 Å². The van der Waals surface area contributed by atoms with Gasteiger partial charge in [0.05, 0.1) is 22.0 Å². The predicted octanol–water partition coefficient (Wildman–Crippen LogP) is 9.96. The number of hydrogen-bond donors (Lipinski definition) is 0. The molecule has 4 heteroatoms.